The van der Waals surface area contributed by atoms with Gasteiger partial charge in [-0.05, 0) is 132 Å². The van der Waals surface area contributed by atoms with Crippen LogP contribution >= 0.6 is 11.6 Å². The Hall–Kier alpha value is -7.30. The standard InChI is InChI=1S/C53H45ClF5N5O6/c1-27(2)39-22-41(46(66)23-45(39)65)52(70)64-25-31-4-3-28(15-34(31)26-64)24-63-13-11-30(12-14-63)49(67)60-38-8-5-29(6-9-38)32-18-42-47(48(62-51(42)69)40-21-36(55)7-10-43(40)54)44(19-32)61-50(68)33-16-35(53(57,58)59)20-37(56)17-33/h3-10,15-23,27,30,48,65-66H,11-14,24-26H2,1-2H3,(H,60,67)(H,61,68)(H,62,69). The Morgan fingerprint density at radius 2 is 1.53 bits per heavy atom. The Kier molecular flexibility index (Phi) is 12.9. The Labute approximate surface area is 403 Å². The highest BCUT2D eigenvalue weighted by Crippen LogP contribution is 2.43. The average Bonchev–Trinajstić information content (AvgIpc) is 3.90. The van der Waals surface area contributed by atoms with Crippen LogP contribution in [0, 0.1) is 17.6 Å². The summed E-state index contributed by atoms with van der Waals surface area (Å²) in [5.41, 5.74) is 3.67. The van der Waals surface area contributed by atoms with Crippen molar-refractivity contribution >= 4 is 46.6 Å². The number of fused-ring (bicyclic) bond motifs is 2. The van der Waals surface area contributed by atoms with Gasteiger partial charge in [0.25, 0.3) is 17.7 Å². The molecule has 6 aromatic carbocycles. The van der Waals surface area contributed by atoms with Crippen molar-refractivity contribution in [1.82, 2.24) is 15.1 Å². The van der Waals surface area contributed by atoms with Crippen molar-refractivity contribution in [3.05, 3.63) is 175 Å². The first-order valence-electron chi connectivity index (χ1n) is 22.5. The summed E-state index contributed by atoms with van der Waals surface area (Å²) in [6.45, 7) is 6.60. The molecule has 4 amide bonds. The van der Waals surface area contributed by atoms with E-state index in [0.29, 0.717) is 80.1 Å². The van der Waals surface area contributed by atoms with E-state index in [1.807, 2.05) is 26.0 Å². The van der Waals surface area contributed by atoms with E-state index in [4.69, 9.17) is 11.6 Å². The predicted molar refractivity (Wildman–Crippen MR) is 252 cm³/mol. The summed E-state index contributed by atoms with van der Waals surface area (Å²) in [7, 11) is 0. The zero-order valence-electron chi connectivity index (χ0n) is 37.7. The lowest BCUT2D eigenvalue weighted by atomic mass is 9.92. The number of likely N-dealkylation sites (tertiary alicyclic amines) is 1. The minimum Gasteiger partial charge on any atom is -0.508 e. The van der Waals surface area contributed by atoms with Gasteiger partial charge in [-0.25, -0.2) is 8.78 Å². The van der Waals surface area contributed by atoms with Crippen molar-refractivity contribution in [2.45, 2.75) is 64.5 Å². The topological polar surface area (TPSA) is 151 Å². The van der Waals surface area contributed by atoms with E-state index >= 15 is 0 Å². The molecule has 6 aromatic rings. The number of aromatic hydroxyl groups is 2. The SMILES string of the molecule is CC(C)c1cc(C(=O)N2Cc3ccc(CN4CCC(C(=O)Nc5ccc(-c6cc(NC(=O)c7cc(F)cc(C(F)(F)F)c7)c7c(c6)C(=O)NC7c6cc(F)ccc6Cl)cc5)CC4)cc3C2)c(O)cc1O. The van der Waals surface area contributed by atoms with Gasteiger partial charge in [0, 0.05) is 70.3 Å². The van der Waals surface area contributed by atoms with Crippen LogP contribution < -0.4 is 16.0 Å². The maximum atomic E-state index is 14.5. The molecule has 11 nitrogen and oxygen atoms in total. The molecular formula is C53H45ClF5N5O6. The van der Waals surface area contributed by atoms with Crippen LogP contribution in [0.25, 0.3) is 11.1 Å². The molecular weight excluding hydrogens is 933 g/mol. The van der Waals surface area contributed by atoms with Crippen LogP contribution in [-0.4, -0.2) is 56.7 Å². The maximum Gasteiger partial charge on any atom is 0.416 e. The molecule has 360 valence electrons. The normalized spacial score (nSPS) is 16.0. The van der Waals surface area contributed by atoms with Crippen molar-refractivity contribution in [3.8, 4) is 22.6 Å². The lowest BCUT2D eigenvalue weighted by Crippen LogP contribution is -2.37. The van der Waals surface area contributed by atoms with E-state index in [1.54, 1.807) is 41.3 Å². The number of anilines is 2. The Bertz CT molecular complexity index is 3100. The van der Waals surface area contributed by atoms with E-state index < -0.39 is 46.8 Å². The molecule has 70 heavy (non-hydrogen) atoms. The Balaban J connectivity index is 0.856. The zero-order valence-corrected chi connectivity index (χ0v) is 38.4. The van der Waals surface area contributed by atoms with Crippen LogP contribution in [-0.2, 0) is 30.6 Å². The number of carbonyl (C=O) groups excluding carboxylic acids is 4. The van der Waals surface area contributed by atoms with Gasteiger partial charge < -0.3 is 31.1 Å². The van der Waals surface area contributed by atoms with Gasteiger partial charge in [0.1, 0.15) is 23.1 Å². The van der Waals surface area contributed by atoms with Crippen molar-refractivity contribution in [1.29, 1.82) is 0 Å². The molecule has 0 radical (unpaired) electrons. The number of carbonyl (C=O) groups is 4. The smallest absolute Gasteiger partial charge is 0.416 e. The van der Waals surface area contributed by atoms with Crippen LogP contribution in [0.5, 0.6) is 11.5 Å². The molecule has 1 atom stereocenters. The van der Waals surface area contributed by atoms with Gasteiger partial charge in [-0.1, -0.05) is 55.8 Å². The zero-order chi connectivity index (χ0) is 49.8. The first-order valence-corrected chi connectivity index (χ1v) is 22.9. The lowest BCUT2D eigenvalue weighted by Gasteiger charge is -2.31. The fraction of sp³-hybridized carbons (Fsp3) is 0.245. The van der Waals surface area contributed by atoms with Crippen molar-refractivity contribution in [2.75, 3.05) is 23.7 Å². The second-order valence-corrected chi connectivity index (χ2v) is 18.6. The molecule has 1 unspecified atom stereocenters. The Morgan fingerprint density at radius 3 is 2.24 bits per heavy atom. The van der Waals surface area contributed by atoms with E-state index in [-0.39, 0.29) is 74.2 Å². The molecule has 0 aromatic heterocycles. The molecule has 17 heteroatoms. The van der Waals surface area contributed by atoms with Crippen LogP contribution in [0.1, 0.15) is 109 Å². The number of hydrogen-bond donors (Lipinski definition) is 5. The molecule has 5 N–H and O–H groups in total. The molecule has 9 rings (SSSR count). The van der Waals surface area contributed by atoms with Crippen LogP contribution in [0.2, 0.25) is 5.02 Å². The molecule has 3 heterocycles. The minimum absolute atomic E-state index is 0.0222. The molecule has 0 spiro atoms. The number of amides is 4. The molecule has 0 bridgehead atoms. The number of halogens is 6. The number of benzene rings is 6. The molecule has 1 fully saturated rings. The quantitative estimate of drug-likeness (QED) is 0.0858. The summed E-state index contributed by atoms with van der Waals surface area (Å²) in [5, 5.41) is 29.2. The highest BCUT2D eigenvalue weighted by atomic mass is 35.5. The number of nitrogens with zero attached hydrogens (tertiary/aromatic N) is 2. The fourth-order valence-corrected chi connectivity index (χ4v) is 9.67. The van der Waals surface area contributed by atoms with Gasteiger partial charge in [0.05, 0.1) is 17.2 Å². The fourth-order valence-electron chi connectivity index (χ4n) is 9.44. The van der Waals surface area contributed by atoms with E-state index in [1.165, 1.54) is 18.2 Å². The van der Waals surface area contributed by atoms with Gasteiger partial charge in [0.15, 0.2) is 0 Å². The molecule has 3 aliphatic heterocycles. The number of phenols is 2. The van der Waals surface area contributed by atoms with Gasteiger partial charge in [-0.15, -0.1) is 0 Å². The minimum atomic E-state index is -4.94. The maximum absolute atomic E-state index is 14.5. The second kappa shape index (κ2) is 18.9. The molecule has 1 saturated heterocycles. The number of phenolic OH excluding ortho intramolecular Hbond substituents is 2. The summed E-state index contributed by atoms with van der Waals surface area (Å²) < 4.78 is 69.6. The molecule has 3 aliphatic rings. The highest BCUT2D eigenvalue weighted by Gasteiger charge is 2.37. The third-order valence-corrected chi connectivity index (χ3v) is 13.5. The number of alkyl halides is 3. The molecule has 0 aliphatic carbocycles. The number of piperidine rings is 1. The van der Waals surface area contributed by atoms with Gasteiger partial charge >= 0.3 is 6.18 Å². The van der Waals surface area contributed by atoms with Gasteiger partial charge in [-0.3, -0.25) is 24.1 Å². The lowest BCUT2D eigenvalue weighted by molar-refractivity contribution is -0.137. The summed E-state index contributed by atoms with van der Waals surface area (Å²) >= 11 is 6.44. The summed E-state index contributed by atoms with van der Waals surface area (Å²) in [6, 6.07) is 22.6. The highest BCUT2D eigenvalue weighted by molar-refractivity contribution is 6.31. The first kappa shape index (κ1) is 47.8. The molecule has 0 saturated carbocycles. The Morgan fingerprint density at radius 1 is 0.800 bits per heavy atom. The number of hydrogen-bond acceptors (Lipinski definition) is 7. The first-order chi connectivity index (χ1) is 33.3. The van der Waals surface area contributed by atoms with E-state index in [9.17, 15) is 51.3 Å². The van der Waals surface area contributed by atoms with Crippen LogP contribution in [0.4, 0.5) is 33.3 Å². The van der Waals surface area contributed by atoms with Crippen molar-refractivity contribution < 1.29 is 51.3 Å². The second-order valence-electron chi connectivity index (χ2n) is 18.2. The summed E-state index contributed by atoms with van der Waals surface area (Å²) in [6.07, 6.45) is -3.71. The monoisotopic (exact) mass is 977 g/mol. The number of nitrogens with one attached hydrogen (secondary N) is 3. The van der Waals surface area contributed by atoms with Crippen LogP contribution in [0.3, 0.4) is 0 Å². The van der Waals surface area contributed by atoms with E-state index in [2.05, 4.69) is 26.9 Å². The van der Waals surface area contributed by atoms with Gasteiger partial charge in [-0.2, -0.15) is 13.2 Å². The average molecular weight is 978 g/mol. The largest absolute Gasteiger partial charge is 0.508 e. The van der Waals surface area contributed by atoms with E-state index in [0.717, 1.165) is 28.8 Å². The van der Waals surface area contributed by atoms with Gasteiger partial charge in [0.2, 0.25) is 5.91 Å². The third kappa shape index (κ3) is 9.78. The predicted octanol–water partition coefficient (Wildman–Crippen LogP) is 10.9. The third-order valence-electron chi connectivity index (χ3n) is 13.1. The number of rotatable bonds is 10. The summed E-state index contributed by atoms with van der Waals surface area (Å²) in [5.74, 6) is -4.72. The van der Waals surface area contributed by atoms with Crippen molar-refractivity contribution in [2.24, 2.45) is 5.92 Å². The van der Waals surface area contributed by atoms with Crippen molar-refractivity contribution in [3.63, 3.8) is 0 Å². The summed E-state index contributed by atoms with van der Waals surface area (Å²) in [4.78, 5) is 58.0. The van der Waals surface area contributed by atoms with Crippen LogP contribution in [0.15, 0.2) is 103 Å².